The van der Waals surface area contributed by atoms with E-state index in [1.54, 1.807) is 37.4 Å². The number of nitriles is 1. The Balaban J connectivity index is 1.61. The van der Waals surface area contributed by atoms with Gasteiger partial charge < -0.3 is 19.6 Å². The van der Waals surface area contributed by atoms with Crippen LogP contribution in [-0.4, -0.2) is 14.5 Å². The summed E-state index contributed by atoms with van der Waals surface area (Å²) in [4.78, 5) is 32.3. The number of anilines is 1. The summed E-state index contributed by atoms with van der Waals surface area (Å²) in [6.07, 6.45) is 1.68. The van der Waals surface area contributed by atoms with Crippen molar-refractivity contribution < 1.29 is 4.74 Å². The minimum Gasteiger partial charge on any atom is -0.486 e. The maximum atomic E-state index is 12.8. The van der Waals surface area contributed by atoms with Crippen LogP contribution in [0.25, 0.3) is 10.9 Å². The first-order valence-corrected chi connectivity index (χ1v) is 10.5. The van der Waals surface area contributed by atoms with Crippen molar-refractivity contribution in [1.82, 2.24) is 14.5 Å². The second-order valence-electron chi connectivity index (χ2n) is 7.51. The van der Waals surface area contributed by atoms with Crippen LogP contribution in [0.5, 0.6) is 5.75 Å². The van der Waals surface area contributed by atoms with Gasteiger partial charge in [0.2, 0.25) is 0 Å². The molecule has 0 fully saturated rings. The van der Waals surface area contributed by atoms with Crippen molar-refractivity contribution in [2.45, 2.75) is 19.6 Å². The standard InChI is InChI=1S/C24H20ClN5O3/c1-14(28-20-7-6-17(12-26)30(2)24(20)32)18-9-15-10-19(25)22(11-21(15)29-23(18)31)33-13-16-5-3-4-8-27-16/h3-11,14,28H,13H2,1-2H3,(H,29,31)/t14-/m1/s1. The predicted octanol–water partition coefficient (Wildman–Crippen LogP) is 3.90. The molecule has 3 heterocycles. The van der Waals surface area contributed by atoms with Crippen molar-refractivity contribution in [1.29, 1.82) is 5.26 Å². The molecule has 0 spiro atoms. The summed E-state index contributed by atoms with van der Waals surface area (Å²) >= 11 is 6.41. The lowest BCUT2D eigenvalue weighted by Gasteiger charge is -2.16. The van der Waals surface area contributed by atoms with Gasteiger partial charge in [0.05, 0.1) is 22.3 Å². The van der Waals surface area contributed by atoms with Gasteiger partial charge in [-0.25, -0.2) is 0 Å². The molecule has 33 heavy (non-hydrogen) atoms. The lowest BCUT2D eigenvalue weighted by molar-refractivity contribution is 0.302. The van der Waals surface area contributed by atoms with E-state index >= 15 is 0 Å². The molecule has 8 nitrogen and oxygen atoms in total. The number of ether oxygens (including phenoxy) is 1. The van der Waals surface area contributed by atoms with E-state index in [9.17, 15) is 9.59 Å². The molecule has 3 aromatic heterocycles. The normalized spacial score (nSPS) is 11.7. The van der Waals surface area contributed by atoms with E-state index in [-0.39, 0.29) is 23.4 Å². The Labute approximate surface area is 194 Å². The molecule has 0 aliphatic heterocycles. The Morgan fingerprint density at radius 3 is 2.79 bits per heavy atom. The van der Waals surface area contributed by atoms with E-state index in [0.717, 1.165) is 11.1 Å². The zero-order valence-corrected chi connectivity index (χ0v) is 18.7. The number of nitrogens with one attached hydrogen (secondary N) is 2. The van der Waals surface area contributed by atoms with Crippen molar-refractivity contribution in [3.63, 3.8) is 0 Å². The average molecular weight is 462 g/mol. The van der Waals surface area contributed by atoms with Crippen LogP contribution in [-0.2, 0) is 13.7 Å². The number of aromatic nitrogens is 3. The largest absolute Gasteiger partial charge is 0.486 e. The second-order valence-corrected chi connectivity index (χ2v) is 7.91. The lowest BCUT2D eigenvalue weighted by Crippen LogP contribution is -2.26. The molecule has 166 valence electrons. The molecule has 0 amide bonds. The van der Waals surface area contributed by atoms with Crippen LogP contribution in [0.2, 0.25) is 5.02 Å². The molecular weight excluding hydrogens is 442 g/mol. The number of hydrogen-bond donors (Lipinski definition) is 2. The number of hydrogen-bond acceptors (Lipinski definition) is 6. The Morgan fingerprint density at radius 2 is 2.06 bits per heavy atom. The van der Waals surface area contributed by atoms with Crippen LogP contribution in [0.15, 0.2) is 64.3 Å². The first-order valence-electron chi connectivity index (χ1n) is 10.1. The summed E-state index contributed by atoms with van der Waals surface area (Å²) in [6.45, 7) is 2.02. The molecule has 4 aromatic rings. The first-order chi connectivity index (χ1) is 15.9. The van der Waals surface area contributed by atoms with E-state index in [4.69, 9.17) is 21.6 Å². The summed E-state index contributed by atoms with van der Waals surface area (Å²) in [5.74, 6) is 0.436. The highest BCUT2D eigenvalue weighted by molar-refractivity contribution is 6.32. The fourth-order valence-corrected chi connectivity index (χ4v) is 3.69. The lowest BCUT2D eigenvalue weighted by atomic mass is 10.1. The summed E-state index contributed by atoms with van der Waals surface area (Å²) in [7, 11) is 1.52. The van der Waals surface area contributed by atoms with Crippen molar-refractivity contribution >= 4 is 28.2 Å². The number of H-pyrrole nitrogens is 1. The van der Waals surface area contributed by atoms with Gasteiger partial charge >= 0.3 is 0 Å². The average Bonchev–Trinajstić information content (AvgIpc) is 2.81. The highest BCUT2D eigenvalue weighted by Gasteiger charge is 2.15. The molecule has 2 N–H and O–H groups in total. The van der Waals surface area contributed by atoms with Gasteiger partial charge in [-0.1, -0.05) is 17.7 Å². The molecule has 0 saturated carbocycles. The molecule has 1 aromatic carbocycles. The maximum Gasteiger partial charge on any atom is 0.274 e. The molecule has 0 saturated heterocycles. The Hall–Kier alpha value is -4.09. The number of nitrogens with zero attached hydrogens (tertiary/aromatic N) is 3. The molecule has 0 unspecified atom stereocenters. The minimum absolute atomic E-state index is 0.245. The molecule has 0 aliphatic carbocycles. The molecule has 0 bridgehead atoms. The monoisotopic (exact) mass is 461 g/mol. The van der Waals surface area contributed by atoms with Gasteiger partial charge in [-0.05, 0) is 43.3 Å². The van der Waals surface area contributed by atoms with E-state index in [1.165, 1.54) is 17.7 Å². The number of rotatable bonds is 6. The third-order valence-corrected chi connectivity index (χ3v) is 5.58. The summed E-state index contributed by atoms with van der Waals surface area (Å²) in [6, 6.07) is 15.2. The predicted molar refractivity (Wildman–Crippen MR) is 127 cm³/mol. The number of aromatic amines is 1. The molecule has 0 aliphatic rings. The fourth-order valence-electron chi connectivity index (χ4n) is 3.46. The van der Waals surface area contributed by atoms with Crippen molar-refractivity contribution in [2.24, 2.45) is 7.05 Å². The molecule has 0 radical (unpaired) electrons. The van der Waals surface area contributed by atoms with Crippen LogP contribution >= 0.6 is 11.6 Å². The number of benzene rings is 1. The Morgan fingerprint density at radius 1 is 1.24 bits per heavy atom. The van der Waals surface area contributed by atoms with E-state index < -0.39 is 6.04 Å². The van der Waals surface area contributed by atoms with Crippen molar-refractivity contribution in [3.05, 3.63) is 97.4 Å². The highest BCUT2D eigenvalue weighted by atomic mass is 35.5. The number of halogens is 1. The van der Waals surface area contributed by atoms with Crippen LogP contribution in [0.3, 0.4) is 0 Å². The zero-order valence-electron chi connectivity index (χ0n) is 17.9. The van der Waals surface area contributed by atoms with E-state index in [1.807, 2.05) is 24.3 Å². The number of pyridine rings is 3. The smallest absolute Gasteiger partial charge is 0.274 e. The van der Waals surface area contributed by atoms with Crippen molar-refractivity contribution in [2.75, 3.05) is 5.32 Å². The minimum atomic E-state index is -0.474. The molecule has 9 heteroatoms. The Bertz CT molecular complexity index is 1490. The molecule has 1 atom stereocenters. The van der Waals surface area contributed by atoms with E-state index in [2.05, 4.69) is 15.3 Å². The number of fused-ring (bicyclic) bond motifs is 1. The second kappa shape index (κ2) is 9.18. The topological polar surface area (TPSA) is 113 Å². The van der Waals surface area contributed by atoms with Gasteiger partial charge in [0.1, 0.15) is 29.8 Å². The fraction of sp³-hybridized carbons (Fsp3) is 0.167. The third kappa shape index (κ3) is 4.59. The first kappa shape index (κ1) is 22.1. The van der Waals surface area contributed by atoms with Crippen LogP contribution in [0.1, 0.15) is 29.9 Å². The molecule has 4 rings (SSSR count). The summed E-state index contributed by atoms with van der Waals surface area (Å²) in [5, 5.41) is 13.3. The third-order valence-electron chi connectivity index (χ3n) is 5.28. The van der Waals surface area contributed by atoms with Gasteiger partial charge in [-0.2, -0.15) is 5.26 Å². The SMILES string of the molecule is C[C@@H](Nc1ccc(C#N)n(C)c1=O)c1cc2cc(Cl)c(OCc3ccccn3)cc2[nH]c1=O. The van der Waals surface area contributed by atoms with Crippen LogP contribution in [0.4, 0.5) is 5.69 Å². The van der Waals surface area contributed by atoms with Gasteiger partial charge in [0, 0.05) is 30.3 Å². The summed E-state index contributed by atoms with van der Waals surface area (Å²) < 4.78 is 7.04. The van der Waals surface area contributed by atoms with Crippen molar-refractivity contribution in [3.8, 4) is 11.8 Å². The van der Waals surface area contributed by atoms with Crippen LogP contribution in [0, 0.1) is 11.3 Å². The van der Waals surface area contributed by atoms with Gasteiger partial charge in [-0.15, -0.1) is 0 Å². The van der Waals surface area contributed by atoms with Gasteiger partial charge in [0.15, 0.2) is 0 Å². The zero-order chi connectivity index (χ0) is 23.5. The summed E-state index contributed by atoms with van der Waals surface area (Å²) in [5.41, 5.74) is 1.66. The van der Waals surface area contributed by atoms with E-state index in [0.29, 0.717) is 27.5 Å². The van der Waals surface area contributed by atoms with Gasteiger partial charge in [-0.3, -0.25) is 14.6 Å². The quantitative estimate of drug-likeness (QED) is 0.450. The van der Waals surface area contributed by atoms with Crippen LogP contribution < -0.4 is 21.2 Å². The Kier molecular flexibility index (Phi) is 6.16. The maximum absolute atomic E-state index is 12.8. The van der Waals surface area contributed by atoms with Gasteiger partial charge in [0.25, 0.3) is 11.1 Å². The molecular formula is C24H20ClN5O3. The highest BCUT2D eigenvalue weighted by Crippen LogP contribution is 2.30.